The molecule has 1 aromatic rings. The number of aromatic nitrogens is 2. The molecular formula is C11H16ClN3O. The van der Waals surface area contributed by atoms with Crippen LogP contribution in [0.1, 0.15) is 25.8 Å². The average Bonchev–Trinajstić information content (AvgIpc) is 3.11. The fourth-order valence-electron chi connectivity index (χ4n) is 1.61. The first kappa shape index (κ1) is 11.5. The molecule has 0 N–H and O–H groups in total. The average molecular weight is 242 g/mol. The van der Waals surface area contributed by atoms with Crippen molar-refractivity contribution in [3.05, 3.63) is 22.7 Å². The molecular weight excluding hydrogens is 226 g/mol. The van der Waals surface area contributed by atoms with Gasteiger partial charge in [0.25, 0.3) is 5.56 Å². The number of hydrogen-bond donors (Lipinski definition) is 0. The Balaban J connectivity index is 2.33. The van der Waals surface area contributed by atoms with Crippen LogP contribution in [0.2, 0.25) is 0 Å². The van der Waals surface area contributed by atoms with Crippen molar-refractivity contribution in [3.63, 3.8) is 0 Å². The Morgan fingerprint density at radius 1 is 1.69 bits per heavy atom. The van der Waals surface area contributed by atoms with E-state index in [1.165, 1.54) is 0 Å². The van der Waals surface area contributed by atoms with Gasteiger partial charge in [0, 0.05) is 37.4 Å². The van der Waals surface area contributed by atoms with E-state index < -0.39 is 0 Å². The second-order valence-corrected chi connectivity index (χ2v) is 4.62. The lowest BCUT2D eigenvalue weighted by Crippen LogP contribution is -2.37. The normalized spacial score (nSPS) is 17.2. The quantitative estimate of drug-likeness (QED) is 0.753. The monoisotopic (exact) mass is 241 g/mol. The van der Waals surface area contributed by atoms with Crippen molar-refractivity contribution in [2.75, 3.05) is 17.8 Å². The number of anilines is 1. The minimum Gasteiger partial charge on any atom is -0.351 e. The molecule has 0 radical (unpaired) electrons. The van der Waals surface area contributed by atoms with Crippen molar-refractivity contribution in [2.24, 2.45) is 0 Å². The summed E-state index contributed by atoms with van der Waals surface area (Å²) < 4.78 is 1.78. The number of halogens is 1. The van der Waals surface area contributed by atoms with E-state index in [1.54, 1.807) is 17.0 Å². The zero-order chi connectivity index (χ0) is 11.7. The fourth-order valence-corrected chi connectivity index (χ4v) is 1.82. The first-order valence-electron chi connectivity index (χ1n) is 5.51. The molecule has 1 heterocycles. The van der Waals surface area contributed by atoms with Crippen LogP contribution in [-0.4, -0.2) is 28.5 Å². The van der Waals surface area contributed by atoms with E-state index in [4.69, 9.17) is 11.6 Å². The Kier molecular flexibility index (Phi) is 3.19. The van der Waals surface area contributed by atoms with Crippen LogP contribution in [0.25, 0.3) is 0 Å². The maximum absolute atomic E-state index is 12.1. The Morgan fingerprint density at radius 3 is 2.94 bits per heavy atom. The minimum atomic E-state index is -0.00975. The predicted molar refractivity (Wildman–Crippen MR) is 65.4 cm³/mol. The molecule has 1 saturated carbocycles. The lowest BCUT2D eigenvalue weighted by molar-refractivity contribution is 0.675. The van der Waals surface area contributed by atoms with E-state index in [-0.39, 0.29) is 11.6 Å². The molecule has 4 nitrogen and oxygen atoms in total. The number of rotatable bonds is 4. The molecule has 0 bridgehead atoms. The van der Waals surface area contributed by atoms with Gasteiger partial charge in [-0.15, -0.1) is 11.6 Å². The van der Waals surface area contributed by atoms with Crippen LogP contribution in [0.3, 0.4) is 0 Å². The van der Waals surface area contributed by atoms with Gasteiger partial charge < -0.3 is 9.47 Å². The number of hydrogen-bond acceptors (Lipinski definition) is 3. The molecule has 1 atom stereocenters. The largest absolute Gasteiger partial charge is 0.351 e. The molecule has 0 aromatic carbocycles. The summed E-state index contributed by atoms with van der Waals surface area (Å²) >= 11 is 5.79. The van der Waals surface area contributed by atoms with Crippen molar-refractivity contribution < 1.29 is 0 Å². The highest BCUT2D eigenvalue weighted by Gasteiger charge is 2.26. The van der Waals surface area contributed by atoms with Gasteiger partial charge in [0.2, 0.25) is 0 Å². The fraction of sp³-hybridized carbons (Fsp3) is 0.636. The Morgan fingerprint density at radius 2 is 2.38 bits per heavy atom. The minimum absolute atomic E-state index is 0.00975. The number of nitrogens with zero attached hydrogens (tertiary/aromatic N) is 3. The van der Waals surface area contributed by atoms with Gasteiger partial charge in [-0.25, -0.2) is 4.98 Å². The van der Waals surface area contributed by atoms with Crippen molar-refractivity contribution in [3.8, 4) is 0 Å². The first-order valence-corrected chi connectivity index (χ1v) is 6.04. The van der Waals surface area contributed by atoms with E-state index >= 15 is 0 Å². The lowest BCUT2D eigenvalue weighted by Gasteiger charge is -2.23. The second kappa shape index (κ2) is 4.45. The van der Waals surface area contributed by atoms with Crippen LogP contribution in [0.4, 0.5) is 5.82 Å². The van der Waals surface area contributed by atoms with Gasteiger partial charge >= 0.3 is 0 Å². The summed E-state index contributed by atoms with van der Waals surface area (Å²) in [7, 11) is 1.86. The molecule has 0 spiro atoms. The topological polar surface area (TPSA) is 38.1 Å². The van der Waals surface area contributed by atoms with Gasteiger partial charge in [0.05, 0.1) is 0 Å². The van der Waals surface area contributed by atoms with Crippen LogP contribution in [-0.2, 0) is 0 Å². The molecule has 16 heavy (non-hydrogen) atoms. The molecule has 0 aliphatic heterocycles. The van der Waals surface area contributed by atoms with Gasteiger partial charge in [-0.1, -0.05) is 0 Å². The van der Waals surface area contributed by atoms with E-state index in [1.807, 2.05) is 18.9 Å². The Bertz CT molecular complexity index is 427. The summed E-state index contributed by atoms with van der Waals surface area (Å²) in [6.07, 6.45) is 5.64. The van der Waals surface area contributed by atoms with Gasteiger partial charge in [-0.2, -0.15) is 0 Å². The predicted octanol–water partition coefficient (Wildman–Crippen LogP) is 1.64. The van der Waals surface area contributed by atoms with Crippen molar-refractivity contribution in [2.45, 2.75) is 31.8 Å². The highest BCUT2D eigenvalue weighted by molar-refractivity contribution is 6.18. The van der Waals surface area contributed by atoms with Crippen molar-refractivity contribution in [1.29, 1.82) is 0 Å². The smallest absolute Gasteiger partial charge is 0.293 e. The molecule has 1 aromatic heterocycles. The third kappa shape index (κ3) is 2.07. The Hall–Kier alpha value is -1.03. The van der Waals surface area contributed by atoms with E-state index in [0.29, 0.717) is 17.7 Å². The summed E-state index contributed by atoms with van der Waals surface area (Å²) in [6, 6.07) is 0.492. The van der Waals surface area contributed by atoms with E-state index in [0.717, 1.165) is 12.8 Å². The van der Waals surface area contributed by atoms with Crippen molar-refractivity contribution >= 4 is 17.4 Å². The molecule has 5 heteroatoms. The third-order valence-corrected chi connectivity index (χ3v) is 3.46. The molecule has 2 rings (SSSR count). The second-order valence-electron chi connectivity index (χ2n) is 4.31. The zero-order valence-corrected chi connectivity index (χ0v) is 10.3. The SMILES string of the molecule is CC(CCl)N(C)c1nccn(C2CC2)c1=O. The summed E-state index contributed by atoms with van der Waals surface area (Å²) in [4.78, 5) is 18.1. The lowest BCUT2D eigenvalue weighted by atomic mass is 10.3. The third-order valence-electron chi connectivity index (χ3n) is 3.01. The van der Waals surface area contributed by atoms with Gasteiger partial charge in [0.1, 0.15) is 0 Å². The highest BCUT2D eigenvalue weighted by atomic mass is 35.5. The number of alkyl halides is 1. The molecule has 1 aliphatic rings. The molecule has 1 unspecified atom stereocenters. The van der Waals surface area contributed by atoms with Crippen LogP contribution in [0.5, 0.6) is 0 Å². The van der Waals surface area contributed by atoms with Gasteiger partial charge in [-0.05, 0) is 19.8 Å². The maximum atomic E-state index is 12.1. The van der Waals surface area contributed by atoms with E-state index in [9.17, 15) is 4.79 Å². The first-order chi connectivity index (χ1) is 7.65. The van der Waals surface area contributed by atoms with Gasteiger partial charge in [0.15, 0.2) is 5.82 Å². The summed E-state index contributed by atoms with van der Waals surface area (Å²) in [5.74, 6) is 0.971. The molecule has 1 aliphatic carbocycles. The van der Waals surface area contributed by atoms with Crippen LogP contribution in [0.15, 0.2) is 17.2 Å². The Labute approximate surface area is 99.9 Å². The summed E-state index contributed by atoms with van der Waals surface area (Å²) in [6.45, 7) is 1.97. The highest BCUT2D eigenvalue weighted by Crippen LogP contribution is 2.33. The van der Waals surface area contributed by atoms with Gasteiger partial charge in [-0.3, -0.25) is 4.79 Å². The maximum Gasteiger partial charge on any atom is 0.293 e. The molecule has 0 amide bonds. The van der Waals surface area contributed by atoms with Crippen molar-refractivity contribution in [1.82, 2.24) is 9.55 Å². The summed E-state index contributed by atoms with van der Waals surface area (Å²) in [5, 5.41) is 0. The van der Waals surface area contributed by atoms with E-state index in [2.05, 4.69) is 4.98 Å². The molecule has 88 valence electrons. The van der Waals surface area contributed by atoms with Crippen LogP contribution >= 0.6 is 11.6 Å². The zero-order valence-electron chi connectivity index (χ0n) is 9.56. The standard InChI is InChI=1S/C11H16ClN3O/c1-8(7-12)14(2)10-11(16)15(6-5-13-10)9-3-4-9/h5-6,8-9H,3-4,7H2,1-2H3. The molecule has 1 fully saturated rings. The summed E-state index contributed by atoms with van der Waals surface area (Å²) in [5.41, 5.74) is -0.00975. The molecule has 0 saturated heterocycles. The van der Waals surface area contributed by atoms with Crippen LogP contribution < -0.4 is 10.5 Å². The van der Waals surface area contributed by atoms with Crippen LogP contribution in [0, 0.1) is 0 Å².